The minimum atomic E-state index is -0.562. The maximum absolute atomic E-state index is 12.3. The van der Waals surface area contributed by atoms with Crippen molar-refractivity contribution in [3.05, 3.63) is 48.0 Å². The molecule has 154 valence electrons. The Hall–Kier alpha value is -2.18. The normalized spacial score (nSPS) is 18.4. The molecule has 1 aromatic carbocycles. The largest absolute Gasteiger partial charge is 0.467 e. The number of amides is 1. The Morgan fingerprint density at radius 2 is 2.11 bits per heavy atom. The Balaban J connectivity index is 1.77. The monoisotopic (exact) mass is 389 g/mol. The molecular formula is C22H31NO5. The predicted octanol–water partition coefficient (Wildman–Crippen LogP) is 2.50. The predicted molar refractivity (Wildman–Crippen MR) is 107 cm³/mol. The molecule has 0 aliphatic carbocycles. The van der Waals surface area contributed by atoms with E-state index in [1.807, 2.05) is 47.4 Å². The van der Waals surface area contributed by atoms with Gasteiger partial charge < -0.3 is 19.5 Å². The van der Waals surface area contributed by atoms with E-state index >= 15 is 0 Å². The van der Waals surface area contributed by atoms with Gasteiger partial charge in [0.05, 0.1) is 19.3 Å². The highest BCUT2D eigenvalue weighted by atomic mass is 16.6. The van der Waals surface area contributed by atoms with Crippen molar-refractivity contribution in [3.63, 3.8) is 0 Å². The van der Waals surface area contributed by atoms with Gasteiger partial charge in [0.25, 0.3) is 0 Å². The quantitative estimate of drug-likeness (QED) is 0.357. The maximum Gasteiger partial charge on any atom is 0.331 e. The zero-order valence-electron chi connectivity index (χ0n) is 16.6. The SMILES string of the molecule is COC(=O)COCCCCN1C(=O)CCCC1C=C[C@H](O)Cc1ccccc1. The average Bonchev–Trinajstić information content (AvgIpc) is 2.70. The maximum atomic E-state index is 12.3. The first kappa shape index (κ1) is 22.1. The van der Waals surface area contributed by atoms with Crippen molar-refractivity contribution >= 4 is 11.9 Å². The van der Waals surface area contributed by atoms with Crippen LogP contribution in [-0.2, 0) is 25.5 Å². The Labute approximate surface area is 167 Å². The lowest BCUT2D eigenvalue weighted by Crippen LogP contribution is -2.43. The molecule has 0 saturated carbocycles. The number of methoxy groups -OCH3 is 1. The molecule has 1 aromatic rings. The molecule has 1 heterocycles. The van der Waals surface area contributed by atoms with Gasteiger partial charge in [-0.15, -0.1) is 0 Å². The number of likely N-dealkylation sites (tertiary alicyclic amines) is 1. The molecule has 1 saturated heterocycles. The molecule has 6 nitrogen and oxygen atoms in total. The Morgan fingerprint density at radius 1 is 1.32 bits per heavy atom. The van der Waals surface area contributed by atoms with Crippen molar-refractivity contribution in [1.82, 2.24) is 4.90 Å². The van der Waals surface area contributed by atoms with Crippen molar-refractivity contribution in [2.75, 3.05) is 26.9 Å². The number of carbonyl (C=O) groups excluding carboxylic acids is 2. The summed E-state index contributed by atoms with van der Waals surface area (Å²) in [5.41, 5.74) is 1.09. The van der Waals surface area contributed by atoms with Gasteiger partial charge in [-0.3, -0.25) is 4.79 Å². The highest BCUT2D eigenvalue weighted by molar-refractivity contribution is 5.77. The van der Waals surface area contributed by atoms with Crippen LogP contribution < -0.4 is 0 Å². The zero-order chi connectivity index (χ0) is 20.2. The van der Waals surface area contributed by atoms with Crippen LogP contribution in [0.4, 0.5) is 0 Å². The third-order valence-electron chi connectivity index (χ3n) is 4.84. The van der Waals surface area contributed by atoms with Crippen LogP contribution in [0.15, 0.2) is 42.5 Å². The van der Waals surface area contributed by atoms with E-state index in [-0.39, 0.29) is 24.5 Å². The second kappa shape index (κ2) is 12.3. The van der Waals surface area contributed by atoms with E-state index in [0.29, 0.717) is 26.0 Å². The number of aliphatic hydroxyl groups excluding tert-OH is 1. The average molecular weight is 389 g/mol. The van der Waals surface area contributed by atoms with E-state index in [1.165, 1.54) is 7.11 Å². The third kappa shape index (κ3) is 7.82. The topological polar surface area (TPSA) is 76.1 Å². The summed E-state index contributed by atoms with van der Waals surface area (Å²) in [5, 5.41) is 10.3. The van der Waals surface area contributed by atoms with Crippen molar-refractivity contribution < 1.29 is 24.2 Å². The van der Waals surface area contributed by atoms with E-state index in [2.05, 4.69) is 4.74 Å². The van der Waals surface area contributed by atoms with Crippen LogP contribution in [0.25, 0.3) is 0 Å². The van der Waals surface area contributed by atoms with Crippen molar-refractivity contribution in [2.24, 2.45) is 0 Å². The number of unbranched alkanes of at least 4 members (excludes halogenated alkanes) is 1. The lowest BCUT2D eigenvalue weighted by atomic mass is 9.99. The number of nitrogens with zero attached hydrogens (tertiary/aromatic N) is 1. The zero-order valence-corrected chi connectivity index (χ0v) is 16.6. The summed E-state index contributed by atoms with van der Waals surface area (Å²) < 4.78 is 9.76. The van der Waals surface area contributed by atoms with Crippen LogP contribution >= 0.6 is 0 Å². The molecular weight excluding hydrogens is 358 g/mol. The minimum absolute atomic E-state index is 0.0302. The summed E-state index contributed by atoms with van der Waals surface area (Å²) >= 11 is 0. The molecule has 28 heavy (non-hydrogen) atoms. The number of piperidine rings is 1. The van der Waals surface area contributed by atoms with E-state index in [4.69, 9.17) is 4.74 Å². The van der Waals surface area contributed by atoms with Crippen molar-refractivity contribution in [3.8, 4) is 0 Å². The first-order valence-corrected chi connectivity index (χ1v) is 9.94. The second-order valence-corrected chi connectivity index (χ2v) is 7.02. The van der Waals surface area contributed by atoms with Crippen molar-refractivity contribution in [1.29, 1.82) is 0 Å². The summed E-state index contributed by atoms with van der Waals surface area (Å²) in [6.07, 6.45) is 7.73. The van der Waals surface area contributed by atoms with Gasteiger partial charge in [-0.2, -0.15) is 0 Å². The van der Waals surface area contributed by atoms with Gasteiger partial charge in [0.1, 0.15) is 6.61 Å². The summed E-state index contributed by atoms with van der Waals surface area (Å²) in [4.78, 5) is 25.2. The number of hydrogen-bond donors (Lipinski definition) is 1. The van der Waals surface area contributed by atoms with E-state index < -0.39 is 6.10 Å². The highest BCUT2D eigenvalue weighted by Crippen LogP contribution is 2.20. The van der Waals surface area contributed by atoms with Gasteiger partial charge in [-0.25, -0.2) is 4.79 Å². The molecule has 2 rings (SSSR count). The van der Waals surface area contributed by atoms with E-state index in [0.717, 1.165) is 31.2 Å². The molecule has 1 fully saturated rings. The number of hydrogen-bond acceptors (Lipinski definition) is 5. The lowest BCUT2D eigenvalue weighted by Gasteiger charge is -2.34. The molecule has 1 N–H and O–H groups in total. The third-order valence-corrected chi connectivity index (χ3v) is 4.84. The molecule has 1 aliphatic heterocycles. The first-order chi connectivity index (χ1) is 13.6. The Morgan fingerprint density at radius 3 is 2.86 bits per heavy atom. The molecule has 6 heteroatoms. The molecule has 0 spiro atoms. The van der Waals surface area contributed by atoms with Crippen LogP contribution in [-0.4, -0.2) is 60.9 Å². The highest BCUT2D eigenvalue weighted by Gasteiger charge is 2.25. The van der Waals surface area contributed by atoms with E-state index in [9.17, 15) is 14.7 Å². The number of rotatable bonds is 11. The first-order valence-electron chi connectivity index (χ1n) is 9.94. The summed E-state index contributed by atoms with van der Waals surface area (Å²) in [6.45, 7) is 1.08. The number of esters is 1. The molecule has 0 bridgehead atoms. The van der Waals surface area contributed by atoms with Gasteiger partial charge in [0, 0.05) is 26.0 Å². The van der Waals surface area contributed by atoms with Gasteiger partial charge in [-0.1, -0.05) is 42.5 Å². The van der Waals surface area contributed by atoms with Crippen LogP contribution in [0.1, 0.15) is 37.7 Å². The molecule has 1 unspecified atom stereocenters. The van der Waals surface area contributed by atoms with Gasteiger partial charge in [-0.05, 0) is 31.2 Å². The van der Waals surface area contributed by atoms with Crippen LogP contribution in [0.2, 0.25) is 0 Å². The van der Waals surface area contributed by atoms with Crippen LogP contribution in [0, 0.1) is 0 Å². The number of carbonyl (C=O) groups is 2. The van der Waals surface area contributed by atoms with Crippen molar-refractivity contribution in [2.45, 2.75) is 50.7 Å². The smallest absolute Gasteiger partial charge is 0.331 e. The fourth-order valence-corrected chi connectivity index (χ4v) is 3.32. The van der Waals surface area contributed by atoms with Crippen LogP contribution in [0.3, 0.4) is 0 Å². The molecule has 0 aromatic heterocycles. The fourth-order valence-electron chi connectivity index (χ4n) is 3.32. The summed E-state index contributed by atoms with van der Waals surface area (Å²) in [5.74, 6) is -0.223. The van der Waals surface area contributed by atoms with Crippen LogP contribution in [0.5, 0.6) is 0 Å². The fraction of sp³-hybridized carbons (Fsp3) is 0.545. The van der Waals surface area contributed by atoms with Gasteiger partial charge in [0.15, 0.2) is 0 Å². The second-order valence-electron chi connectivity index (χ2n) is 7.02. The summed E-state index contributed by atoms with van der Waals surface area (Å²) in [7, 11) is 1.33. The number of benzene rings is 1. The molecule has 0 radical (unpaired) electrons. The lowest BCUT2D eigenvalue weighted by molar-refractivity contribution is -0.145. The minimum Gasteiger partial charge on any atom is -0.467 e. The summed E-state index contributed by atoms with van der Waals surface area (Å²) in [6, 6.07) is 9.90. The molecule has 1 amide bonds. The van der Waals surface area contributed by atoms with Gasteiger partial charge >= 0.3 is 5.97 Å². The number of ether oxygens (including phenoxy) is 2. The molecule has 2 atom stereocenters. The van der Waals surface area contributed by atoms with E-state index in [1.54, 1.807) is 0 Å². The number of aliphatic hydroxyl groups is 1. The Kier molecular flexibility index (Phi) is 9.72. The Bertz CT molecular complexity index is 631. The standard InChI is InChI=1S/C22H31NO5/c1-27-22(26)17-28-15-6-5-14-23-19(10-7-11-21(23)25)12-13-20(24)16-18-8-3-2-4-9-18/h2-4,8-9,12-13,19-20,24H,5-7,10-11,14-17H2,1H3/t19?,20-/m0/s1. The van der Waals surface area contributed by atoms with Gasteiger partial charge in [0.2, 0.25) is 5.91 Å². The molecule has 1 aliphatic rings.